The number of amides is 1. The first-order chi connectivity index (χ1) is 25.9. The van der Waals surface area contributed by atoms with E-state index in [1.54, 1.807) is 45.6 Å². The Bertz CT molecular complexity index is 2390. The van der Waals surface area contributed by atoms with Crippen molar-refractivity contribution in [2.45, 2.75) is 32.4 Å². The van der Waals surface area contributed by atoms with Crippen LogP contribution in [0.3, 0.4) is 0 Å². The van der Waals surface area contributed by atoms with E-state index in [2.05, 4.69) is 37.3 Å². The summed E-state index contributed by atoms with van der Waals surface area (Å²) in [6.45, 7) is 5.67. The largest absolute Gasteiger partial charge is 0.508 e. The van der Waals surface area contributed by atoms with Crippen molar-refractivity contribution in [2.75, 3.05) is 45.0 Å². The number of nitrogens with two attached hydrogens (primary N) is 1. The van der Waals surface area contributed by atoms with E-state index in [0.717, 1.165) is 38.3 Å². The standard InChI is InChI=1S/C39H39ClN10O3/c40-30-10-5-4-8-28(30)23-49-32(24-50-38-35(37(41)44-25-45-38)36(47-50)27-13-15-29(51)16-14-27)46-31-11-6-9-26(34(31)39(49)53)7-2-1-3-12-33(52)43-19-22-48-20-17-42-18-21-48/h4-6,8-11,13-16,25,42,51H,1,3,12,17-24H2,(H,43,52)(H2,41,44,45). The highest BCUT2D eigenvalue weighted by molar-refractivity contribution is 6.31. The van der Waals surface area contributed by atoms with Gasteiger partial charge in [-0.3, -0.25) is 19.1 Å². The summed E-state index contributed by atoms with van der Waals surface area (Å²) in [5.41, 5.74) is 9.56. The van der Waals surface area contributed by atoms with E-state index in [1.807, 2.05) is 30.3 Å². The Morgan fingerprint density at radius 3 is 2.62 bits per heavy atom. The molecule has 270 valence electrons. The number of hydrogen-bond donors (Lipinski definition) is 4. The summed E-state index contributed by atoms with van der Waals surface area (Å²) in [6.07, 6.45) is 2.86. The maximum Gasteiger partial charge on any atom is 0.263 e. The molecule has 1 aliphatic rings. The summed E-state index contributed by atoms with van der Waals surface area (Å²) >= 11 is 6.59. The Morgan fingerprint density at radius 2 is 1.81 bits per heavy atom. The van der Waals surface area contributed by atoms with Crippen molar-refractivity contribution in [2.24, 2.45) is 0 Å². The van der Waals surface area contributed by atoms with Crippen LogP contribution in [-0.4, -0.2) is 84.5 Å². The second-order valence-corrected chi connectivity index (χ2v) is 13.2. The summed E-state index contributed by atoms with van der Waals surface area (Å²) in [7, 11) is 0. The molecule has 3 aromatic carbocycles. The van der Waals surface area contributed by atoms with Crippen molar-refractivity contribution >= 4 is 45.3 Å². The number of phenols is 1. The van der Waals surface area contributed by atoms with Crippen LogP contribution in [0.2, 0.25) is 5.02 Å². The number of anilines is 1. The number of halogens is 1. The Hall–Kier alpha value is -5.81. The van der Waals surface area contributed by atoms with Crippen molar-refractivity contribution in [1.29, 1.82) is 0 Å². The van der Waals surface area contributed by atoms with Crippen molar-refractivity contribution < 1.29 is 9.90 Å². The van der Waals surface area contributed by atoms with Gasteiger partial charge in [0.2, 0.25) is 5.91 Å². The van der Waals surface area contributed by atoms with E-state index < -0.39 is 0 Å². The Morgan fingerprint density at radius 1 is 1.00 bits per heavy atom. The number of rotatable bonds is 11. The van der Waals surface area contributed by atoms with Gasteiger partial charge < -0.3 is 21.5 Å². The van der Waals surface area contributed by atoms with Crippen LogP contribution in [0.1, 0.15) is 36.2 Å². The number of piperazine rings is 1. The molecule has 7 rings (SSSR count). The summed E-state index contributed by atoms with van der Waals surface area (Å²) < 4.78 is 3.25. The Labute approximate surface area is 310 Å². The van der Waals surface area contributed by atoms with Crippen LogP contribution in [0.25, 0.3) is 33.2 Å². The third-order valence-electron chi connectivity index (χ3n) is 9.23. The lowest BCUT2D eigenvalue weighted by atomic mass is 10.1. The van der Waals surface area contributed by atoms with E-state index in [0.29, 0.717) is 75.4 Å². The second kappa shape index (κ2) is 16.2. The van der Waals surface area contributed by atoms with Crippen molar-refractivity contribution in [1.82, 2.24) is 44.8 Å². The number of benzene rings is 3. The number of aromatic nitrogens is 6. The van der Waals surface area contributed by atoms with Gasteiger partial charge in [-0.15, -0.1) is 0 Å². The molecule has 0 atom stereocenters. The predicted octanol–water partition coefficient (Wildman–Crippen LogP) is 3.78. The fourth-order valence-corrected chi connectivity index (χ4v) is 6.66. The maximum absolute atomic E-state index is 14.5. The first-order valence-corrected chi connectivity index (χ1v) is 17.9. The number of nitrogens with zero attached hydrogens (tertiary/aromatic N) is 7. The highest BCUT2D eigenvalue weighted by atomic mass is 35.5. The summed E-state index contributed by atoms with van der Waals surface area (Å²) in [5.74, 6) is 7.15. The summed E-state index contributed by atoms with van der Waals surface area (Å²) in [5, 5.41) is 22.5. The van der Waals surface area contributed by atoms with Gasteiger partial charge in [-0.05, 0) is 54.4 Å². The van der Waals surface area contributed by atoms with Crippen molar-refractivity contribution in [3.05, 3.63) is 105 Å². The zero-order valence-corrected chi connectivity index (χ0v) is 29.8. The molecule has 0 bridgehead atoms. The second-order valence-electron chi connectivity index (χ2n) is 12.8. The van der Waals surface area contributed by atoms with E-state index in [4.69, 9.17) is 27.4 Å². The molecule has 6 aromatic rings. The maximum atomic E-state index is 14.5. The molecular weight excluding hydrogens is 692 g/mol. The molecule has 1 amide bonds. The molecule has 1 saturated heterocycles. The number of nitrogen functional groups attached to an aromatic ring is 1. The van der Waals surface area contributed by atoms with E-state index in [1.165, 1.54) is 6.33 Å². The molecular formula is C39H39ClN10O3. The lowest BCUT2D eigenvalue weighted by Crippen LogP contribution is -2.46. The molecule has 0 radical (unpaired) electrons. The molecule has 1 fully saturated rings. The zero-order valence-electron chi connectivity index (χ0n) is 29.1. The topological polar surface area (TPSA) is 169 Å². The van der Waals surface area contributed by atoms with Gasteiger partial charge in [0.25, 0.3) is 5.56 Å². The van der Waals surface area contributed by atoms with Gasteiger partial charge in [-0.2, -0.15) is 5.10 Å². The number of fused-ring (bicyclic) bond motifs is 2. The molecule has 3 aromatic heterocycles. The summed E-state index contributed by atoms with van der Waals surface area (Å²) in [6, 6.07) is 19.4. The van der Waals surface area contributed by atoms with E-state index in [-0.39, 0.29) is 36.1 Å². The quantitative estimate of drug-likeness (QED) is 0.114. The SMILES string of the molecule is Nc1ncnc2c1c(-c1ccc(O)cc1)nn2Cc1nc2cccc(C#CCCCC(=O)NCCN3CCNCC3)c2c(=O)n1Cc1ccccc1Cl. The van der Waals surface area contributed by atoms with Crippen LogP contribution in [0, 0.1) is 11.8 Å². The minimum Gasteiger partial charge on any atom is -0.508 e. The number of hydrogen-bond acceptors (Lipinski definition) is 10. The van der Waals surface area contributed by atoms with Crippen molar-refractivity contribution in [3.63, 3.8) is 0 Å². The molecule has 4 heterocycles. The lowest BCUT2D eigenvalue weighted by molar-refractivity contribution is -0.121. The first kappa shape index (κ1) is 35.6. The normalized spacial score (nSPS) is 13.2. The highest BCUT2D eigenvalue weighted by Crippen LogP contribution is 2.31. The van der Waals surface area contributed by atoms with Gasteiger partial charge in [0.15, 0.2) is 5.65 Å². The monoisotopic (exact) mass is 730 g/mol. The van der Waals surface area contributed by atoms with Gasteiger partial charge >= 0.3 is 0 Å². The molecule has 0 unspecified atom stereocenters. The average Bonchev–Trinajstić information content (AvgIpc) is 3.53. The van der Waals surface area contributed by atoms with Crippen molar-refractivity contribution in [3.8, 4) is 28.8 Å². The predicted molar refractivity (Wildman–Crippen MR) is 206 cm³/mol. The van der Waals surface area contributed by atoms with Crippen LogP contribution in [0.15, 0.2) is 77.9 Å². The van der Waals surface area contributed by atoms with Crippen LogP contribution in [0.4, 0.5) is 5.82 Å². The van der Waals surface area contributed by atoms with E-state index in [9.17, 15) is 14.7 Å². The van der Waals surface area contributed by atoms with Gasteiger partial charge in [0, 0.05) is 68.3 Å². The zero-order chi connectivity index (χ0) is 36.7. The van der Waals surface area contributed by atoms with Crippen LogP contribution in [0.5, 0.6) is 5.75 Å². The molecule has 1 aliphatic heterocycles. The molecule has 13 nitrogen and oxygen atoms in total. The number of unbranched alkanes of at least 4 members (excludes halogenated alkanes) is 1. The van der Waals surface area contributed by atoms with Gasteiger partial charge in [0.05, 0.1) is 22.8 Å². The lowest BCUT2D eigenvalue weighted by Gasteiger charge is -2.27. The minimum absolute atomic E-state index is 0.0144. The van der Waals surface area contributed by atoms with Gasteiger partial charge in [-0.1, -0.05) is 47.7 Å². The average molecular weight is 731 g/mol. The fourth-order valence-electron chi connectivity index (χ4n) is 6.46. The number of nitrogens with one attached hydrogen (secondary N) is 2. The molecule has 53 heavy (non-hydrogen) atoms. The summed E-state index contributed by atoms with van der Waals surface area (Å²) in [4.78, 5) is 42.9. The van der Waals surface area contributed by atoms with Gasteiger partial charge in [-0.25, -0.2) is 19.6 Å². The third-order valence-corrected chi connectivity index (χ3v) is 9.60. The molecule has 0 spiro atoms. The third kappa shape index (κ3) is 8.15. The number of aromatic hydroxyl groups is 1. The molecule has 0 aliphatic carbocycles. The first-order valence-electron chi connectivity index (χ1n) is 17.6. The van der Waals surface area contributed by atoms with Crippen LogP contribution < -0.4 is 21.9 Å². The Kier molecular flexibility index (Phi) is 10.9. The number of phenolic OH excluding ortho intramolecular Hbond substituents is 1. The molecule has 5 N–H and O–H groups in total. The minimum atomic E-state index is -0.275. The number of carbonyl (C=O) groups is 1. The smallest absolute Gasteiger partial charge is 0.263 e. The highest BCUT2D eigenvalue weighted by Gasteiger charge is 2.21. The fraction of sp³-hybridized carbons (Fsp3) is 0.282. The van der Waals surface area contributed by atoms with E-state index >= 15 is 0 Å². The molecule has 14 heteroatoms. The number of carbonyl (C=O) groups excluding carboxylic acids is 1. The Balaban J connectivity index is 1.17. The van der Waals surface area contributed by atoms with Gasteiger partial charge in [0.1, 0.15) is 36.0 Å². The van der Waals surface area contributed by atoms with Crippen LogP contribution >= 0.6 is 11.6 Å². The molecule has 0 saturated carbocycles. The van der Waals surface area contributed by atoms with Crippen LogP contribution in [-0.2, 0) is 17.9 Å².